The molecule has 0 bridgehead atoms. The van der Waals surface area contributed by atoms with Gasteiger partial charge in [-0.15, -0.1) is 5.54 Å². The summed E-state index contributed by atoms with van der Waals surface area (Å²) in [4.78, 5) is 0. The molecule has 4 nitrogen and oxygen atoms in total. The second kappa shape index (κ2) is 19.1. The first kappa shape index (κ1) is 39.8. The van der Waals surface area contributed by atoms with Gasteiger partial charge >= 0.3 is 0 Å². The Morgan fingerprint density at radius 2 is 0.925 bits per heavy atom. The van der Waals surface area contributed by atoms with Gasteiger partial charge in [-0.3, -0.25) is 0 Å². The Morgan fingerprint density at radius 1 is 0.528 bits per heavy atom. The zero-order valence-electron chi connectivity index (χ0n) is 30.4. The molecule has 0 heterocycles. The molecular weight excluding hydrogens is 830 g/mol. The fourth-order valence-corrected chi connectivity index (χ4v) is 6.33. The van der Waals surface area contributed by atoms with Gasteiger partial charge in [-0.1, -0.05) is 85.2 Å². The van der Waals surface area contributed by atoms with E-state index in [1.165, 1.54) is 3.57 Å². The van der Waals surface area contributed by atoms with Crippen LogP contribution in [0.5, 0.6) is 23.0 Å². The highest BCUT2D eigenvalue weighted by Gasteiger charge is 2.11. The van der Waals surface area contributed by atoms with Gasteiger partial charge in [-0.25, -0.2) is 0 Å². The van der Waals surface area contributed by atoms with Gasteiger partial charge in [-0.05, 0) is 142 Å². The first-order valence-corrected chi connectivity index (χ1v) is 22.3. The van der Waals surface area contributed by atoms with E-state index in [1.807, 2.05) is 121 Å². The molecule has 270 valence electrons. The van der Waals surface area contributed by atoms with Crippen LogP contribution in [0.4, 0.5) is 0 Å². The van der Waals surface area contributed by atoms with Gasteiger partial charge in [0.1, 0.15) is 44.3 Å². The van der Waals surface area contributed by atoms with Crippen LogP contribution in [-0.4, -0.2) is 22.3 Å². The van der Waals surface area contributed by atoms with E-state index in [4.69, 9.17) is 42.1 Å². The Labute approximate surface area is 338 Å². The number of benzene rings is 6. The second-order valence-electron chi connectivity index (χ2n) is 13.1. The predicted molar refractivity (Wildman–Crippen MR) is 231 cm³/mol. The second-order valence-corrected chi connectivity index (χ2v) is 20.0. The lowest BCUT2D eigenvalue weighted by Gasteiger charge is -2.13. The van der Waals surface area contributed by atoms with Gasteiger partial charge in [0.25, 0.3) is 0 Å². The van der Waals surface area contributed by atoms with Crippen LogP contribution in [0.25, 0.3) is 22.3 Å². The van der Waals surface area contributed by atoms with Crippen molar-refractivity contribution in [1.29, 1.82) is 0 Å². The molecule has 0 spiro atoms. The predicted octanol–water partition coefficient (Wildman–Crippen LogP) is 13.0. The molecule has 6 aromatic carbocycles. The molecule has 0 aliphatic rings. The molecular formula is C45H41Cl2IO4Si. The smallest absolute Gasteiger partial charge is 0.129 e. The monoisotopic (exact) mass is 870 g/mol. The fraction of sp³-hybridized carbons (Fsp3) is 0.156. The molecule has 0 aliphatic carbocycles. The van der Waals surface area contributed by atoms with E-state index in [-0.39, 0.29) is 0 Å². The highest BCUT2D eigenvalue weighted by Crippen LogP contribution is 2.31. The Kier molecular flexibility index (Phi) is 14.3. The minimum Gasteiger partial charge on any atom is -0.497 e. The summed E-state index contributed by atoms with van der Waals surface area (Å²) in [5.74, 6) is 6.54. The minimum absolute atomic E-state index is 0.440. The Balaban J connectivity index is 0.000000208. The van der Waals surface area contributed by atoms with Crippen molar-refractivity contribution in [3.8, 4) is 56.7 Å². The fourth-order valence-electron chi connectivity index (χ4n) is 5.20. The highest BCUT2D eigenvalue weighted by molar-refractivity contribution is 14.1. The molecule has 0 radical (unpaired) electrons. The van der Waals surface area contributed by atoms with E-state index >= 15 is 0 Å². The molecule has 6 rings (SSSR count). The maximum absolute atomic E-state index is 6.06. The molecule has 0 aromatic heterocycles. The molecule has 53 heavy (non-hydrogen) atoms. The van der Waals surface area contributed by atoms with Crippen LogP contribution in [-0.2, 0) is 13.2 Å². The average Bonchev–Trinajstić information content (AvgIpc) is 3.17. The molecule has 0 N–H and O–H groups in total. The zero-order chi connectivity index (χ0) is 37.8. The molecule has 0 amide bonds. The molecule has 6 aromatic rings. The van der Waals surface area contributed by atoms with Gasteiger partial charge in [0.05, 0.1) is 14.2 Å². The van der Waals surface area contributed by atoms with E-state index < -0.39 is 8.07 Å². The van der Waals surface area contributed by atoms with E-state index in [1.54, 1.807) is 14.2 Å². The first-order chi connectivity index (χ1) is 25.5. The van der Waals surface area contributed by atoms with Gasteiger partial charge < -0.3 is 18.9 Å². The number of rotatable bonds is 10. The number of halogens is 3. The summed E-state index contributed by atoms with van der Waals surface area (Å²) in [7, 11) is 1.96. The van der Waals surface area contributed by atoms with Crippen LogP contribution in [0.2, 0.25) is 29.7 Å². The molecule has 0 saturated heterocycles. The van der Waals surface area contributed by atoms with Crippen LogP contribution < -0.4 is 18.9 Å². The maximum atomic E-state index is 6.06. The molecule has 0 aliphatic heterocycles. The summed E-state index contributed by atoms with van der Waals surface area (Å²) in [6, 6.07) is 43.6. The quantitative estimate of drug-likeness (QED) is 0.0781. The van der Waals surface area contributed by atoms with Crippen molar-refractivity contribution in [3.05, 3.63) is 164 Å². The summed E-state index contributed by atoms with van der Waals surface area (Å²) >= 11 is 14.3. The summed E-state index contributed by atoms with van der Waals surface area (Å²) in [6.45, 7) is 7.63. The summed E-state index contributed by atoms with van der Waals surface area (Å²) < 4.78 is 23.9. The van der Waals surface area contributed by atoms with Crippen LogP contribution in [0.1, 0.15) is 16.7 Å². The van der Waals surface area contributed by atoms with Crippen molar-refractivity contribution < 1.29 is 18.9 Å². The first-order valence-electron chi connectivity index (χ1n) is 17.0. The summed E-state index contributed by atoms with van der Waals surface area (Å²) in [5, 5.41) is 1.45. The Bertz CT molecular complexity index is 2150. The maximum Gasteiger partial charge on any atom is 0.129 e. The van der Waals surface area contributed by atoms with Gasteiger partial charge in [-0.2, -0.15) is 0 Å². The Morgan fingerprint density at radius 3 is 1.32 bits per heavy atom. The summed E-state index contributed by atoms with van der Waals surface area (Å²) in [6.07, 6.45) is 0. The highest BCUT2D eigenvalue weighted by atomic mass is 127. The van der Waals surface area contributed by atoms with E-state index in [0.717, 1.165) is 72.0 Å². The summed E-state index contributed by atoms with van der Waals surface area (Å²) in [5.41, 5.74) is 10.9. The SMILES string of the molecule is COc1ccc(-c2ccc(Cl)cc2)c(COc2ccc(C#C[Si](C)(C)C)cc2)c1.COc1ccc(-c2ccc(Cl)cc2)c(COc2ccc(I)cc2)c1. The van der Waals surface area contributed by atoms with Crippen LogP contribution in [0.3, 0.4) is 0 Å². The van der Waals surface area contributed by atoms with Gasteiger partial charge in [0, 0.05) is 30.3 Å². The molecule has 0 unspecified atom stereocenters. The zero-order valence-corrected chi connectivity index (χ0v) is 35.1. The minimum atomic E-state index is -1.38. The van der Waals surface area contributed by atoms with Gasteiger partial charge in [0.15, 0.2) is 0 Å². The van der Waals surface area contributed by atoms with Crippen LogP contribution >= 0.6 is 45.8 Å². The van der Waals surface area contributed by atoms with Crippen molar-refractivity contribution in [2.24, 2.45) is 0 Å². The number of hydrogen-bond donors (Lipinski definition) is 0. The third kappa shape index (κ3) is 12.3. The average molecular weight is 872 g/mol. The van der Waals surface area contributed by atoms with E-state index in [0.29, 0.717) is 13.2 Å². The lowest BCUT2D eigenvalue weighted by Crippen LogP contribution is -2.16. The third-order valence-corrected chi connectivity index (χ3v) is 10.1. The lowest BCUT2D eigenvalue weighted by molar-refractivity contribution is 0.305. The van der Waals surface area contributed by atoms with Crippen molar-refractivity contribution in [1.82, 2.24) is 0 Å². The van der Waals surface area contributed by atoms with E-state index in [2.05, 4.69) is 65.8 Å². The number of hydrogen-bond acceptors (Lipinski definition) is 4. The molecule has 0 saturated carbocycles. The molecule has 0 atom stereocenters. The molecule has 0 fully saturated rings. The number of methoxy groups -OCH3 is 2. The Hall–Kier alpha value is -4.39. The molecule has 8 heteroatoms. The largest absolute Gasteiger partial charge is 0.497 e. The van der Waals surface area contributed by atoms with Crippen molar-refractivity contribution in [3.63, 3.8) is 0 Å². The standard InChI is InChI=1S/C25H25ClO2Si.C20H16ClIO2/c1-27-24-13-14-25(20-7-9-22(26)10-8-20)21(17-24)18-28-23-11-5-19(6-12-23)15-16-29(2,3)4;1-23-19-10-11-20(14-2-4-16(21)5-3-14)15(12-19)13-24-18-8-6-17(22)7-9-18/h5-14,17H,18H2,1-4H3;2-12H,13H2,1H3. The topological polar surface area (TPSA) is 36.9 Å². The number of ether oxygens (including phenoxy) is 4. The third-order valence-electron chi connectivity index (χ3n) is 7.97. The normalized spacial score (nSPS) is 10.6. The van der Waals surface area contributed by atoms with Crippen LogP contribution in [0.15, 0.2) is 133 Å². The van der Waals surface area contributed by atoms with Crippen molar-refractivity contribution in [2.45, 2.75) is 32.9 Å². The van der Waals surface area contributed by atoms with Crippen molar-refractivity contribution >= 4 is 53.9 Å². The van der Waals surface area contributed by atoms with E-state index in [9.17, 15) is 0 Å². The van der Waals surface area contributed by atoms with Gasteiger partial charge in [0.2, 0.25) is 0 Å². The van der Waals surface area contributed by atoms with Crippen LogP contribution in [0, 0.1) is 15.0 Å². The lowest BCUT2D eigenvalue weighted by atomic mass is 10.00. The van der Waals surface area contributed by atoms with Crippen molar-refractivity contribution in [2.75, 3.05) is 14.2 Å².